The lowest BCUT2D eigenvalue weighted by Gasteiger charge is -2.39. The molecule has 8 heteroatoms. The first-order chi connectivity index (χ1) is 26.0. The molecule has 0 heterocycles. The fourth-order valence-electron chi connectivity index (χ4n) is 7.24. The number of Topliss-reactive ketones (excluding diaryl/α,β-unsaturated/α-hetero) is 2. The molecular weight excluding hydrogens is 705 g/mol. The number of hydrogen-bond donors (Lipinski definition) is 3. The van der Waals surface area contributed by atoms with Crippen molar-refractivity contribution in [2.45, 2.75) is 121 Å². The second-order valence-corrected chi connectivity index (χ2v) is 16.6. The fraction of sp³-hybridized carbons (Fsp3) is 0.458. The van der Waals surface area contributed by atoms with E-state index in [0.29, 0.717) is 24.0 Å². The predicted octanol–water partition coefficient (Wildman–Crippen LogP) is 9.56. The summed E-state index contributed by atoms with van der Waals surface area (Å²) in [6.07, 6.45) is 25.7. The van der Waals surface area contributed by atoms with Crippen LogP contribution in [0.4, 0.5) is 0 Å². The molecule has 0 aromatic rings. The van der Waals surface area contributed by atoms with Gasteiger partial charge in [-0.15, -0.1) is 0 Å². The molecule has 5 atom stereocenters. The summed E-state index contributed by atoms with van der Waals surface area (Å²) in [6.45, 7) is 22.5. The Labute approximate surface area is 334 Å². The summed E-state index contributed by atoms with van der Waals surface area (Å²) in [4.78, 5) is 50.1. The van der Waals surface area contributed by atoms with Gasteiger partial charge in [0.15, 0.2) is 17.7 Å². The summed E-state index contributed by atoms with van der Waals surface area (Å²) in [5, 5.41) is 29.2. The molecular formula is C48H64O8. The Morgan fingerprint density at radius 3 is 1.54 bits per heavy atom. The summed E-state index contributed by atoms with van der Waals surface area (Å²) < 4.78 is 5.42. The van der Waals surface area contributed by atoms with Crippen LogP contribution in [0.2, 0.25) is 0 Å². The van der Waals surface area contributed by atoms with Crippen molar-refractivity contribution in [1.29, 1.82) is 0 Å². The van der Waals surface area contributed by atoms with Crippen LogP contribution in [0.25, 0.3) is 0 Å². The van der Waals surface area contributed by atoms with Crippen molar-refractivity contribution in [2.24, 2.45) is 22.7 Å². The Morgan fingerprint density at radius 2 is 1.11 bits per heavy atom. The van der Waals surface area contributed by atoms with Gasteiger partial charge in [-0.1, -0.05) is 135 Å². The quantitative estimate of drug-likeness (QED) is 0.104. The van der Waals surface area contributed by atoms with Crippen molar-refractivity contribution in [3.8, 4) is 0 Å². The van der Waals surface area contributed by atoms with Gasteiger partial charge in [-0.05, 0) is 94.9 Å². The Morgan fingerprint density at radius 1 is 0.696 bits per heavy atom. The Balaban J connectivity index is 2.01. The molecule has 0 saturated heterocycles. The van der Waals surface area contributed by atoms with Gasteiger partial charge in [0.1, 0.15) is 0 Å². The second-order valence-electron chi connectivity index (χ2n) is 16.6. The number of aliphatic hydroxyl groups excluding tert-OH is 2. The number of carbonyl (C=O) groups is 4. The van der Waals surface area contributed by atoms with Crippen molar-refractivity contribution in [2.75, 3.05) is 0 Å². The molecule has 2 aliphatic rings. The molecule has 304 valence electrons. The SMILES string of the molecule is CC1=C(/C=C/C(C)=C/C=C/C(C)=C/C=C/C=C(C)/C=C/C=C(C)/C=C/C2=C(C)C(=O)[C@H](C(C(=O)O)[C@@H](C)O)CC2(C)C)C(C)(C)C[C@H](OC(=O)C[C@@H](C)O)C1=O. The van der Waals surface area contributed by atoms with E-state index in [9.17, 15) is 34.5 Å². The first kappa shape index (κ1) is 47.5. The highest BCUT2D eigenvalue weighted by molar-refractivity contribution is 6.02. The Kier molecular flexibility index (Phi) is 17.8. The van der Waals surface area contributed by atoms with Crippen LogP contribution >= 0.6 is 0 Å². The van der Waals surface area contributed by atoms with E-state index in [-0.39, 0.29) is 23.4 Å². The van der Waals surface area contributed by atoms with Gasteiger partial charge in [-0.25, -0.2) is 0 Å². The third-order valence-electron chi connectivity index (χ3n) is 10.3. The van der Waals surface area contributed by atoms with E-state index in [4.69, 9.17) is 4.74 Å². The molecule has 0 radical (unpaired) electrons. The van der Waals surface area contributed by atoms with Crippen LogP contribution in [-0.2, 0) is 23.9 Å². The number of rotatable bonds is 16. The monoisotopic (exact) mass is 768 g/mol. The molecule has 0 aromatic carbocycles. The predicted molar refractivity (Wildman–Crippen MR) is 225 cm³/mol. The van der Waals surface area contributed by atoms with Crippen LogP contribution in [0.5, 0.6) is 0 Å². The van der Waals surface area contributed by atoms with Crippen LogP contribution in [0.3, 0.4) is 0 Å². The average Bonchev–Trinajstić information content (AvgIpc) is 3.06. The molecule has 1 unspecified atom stereocenters. The number of aliphatic carboxylic acids is 1. The number of allylic oxidation sites excluding steroid dienone is 21. The number of ketones is 2. The largest absolute Gasteiger partial charge is 0.481 e. The second kappa shape index (κ2) is 21.0. The zero-order valence-electron chi connectivity index (χ0n) is 35.5. The van der Waals surface area contributed by atoms with Crippen molar-refractivity contribution in [3.05, 3.63) is 130 Å². The van der Waals surface area contributed by atoms with Crippen LogP contribution in [0.15, 0.2) is 130 Å². The number of carboxylic acid groups (broad SMARTS) is 1. The van der Waals surface area contributed by atoms with E-state index < -0.39 is 47.5 Å². The minimum atomic E-state index is -1.15. The fourth-order valence-corrected chi connectivity index (χ4v) is 7.24. The van der Waals surface area contributed by atoms with Crippen molar-refractivity contribution in [3.63, 3.8) is 0 Å². The summed E-state index contributed by atoms with van der Waals surface area (Å²) >= 11 is 0. The van der Waals surface area contributed by atoms with Gasteiger partial charge >= 0.3 is 11.9 Å². The molecule has 0 spiro atoms. The lowest BCUT2D eigenvalue weighted by Crippen LogP contribution is -2.43. The van der Waals surface area contributed by atoms with E-state index >= 15 is 0 Å². The van der Waals surface area contributed by atoms with Crippen LogP contribution in [0, 0.1) is 22.7 Å². The lowest BCUT2D eigenvalue weighted by molar-refractivity contribution is -0.157. The van der Waals surface area contributed by atoms with Gasteiger partial charge in [0.05, 0.1) is 24.5 Å². The van der Waals surface area contributed by atoms with Gasteiger partial charge < -0.3 is 20.1 Å². The number of carbonyl (C=O) groups excluding carboxylic acids is 3. The highest BCUT2D eigenvalue weighted by Crippen LogP contribution is 2.45. The summed E-state index contributed by atoms with van der Waals surface area (Å²) in [5.41, 5.74) is 6.27. The molecule has 56 heavy (non-hydrogen) atoms. The van der Waals surface area contributed by atoms with Crippen molar-refractivity contribution in [1.82, 2.24) is 0 Å². The third-order valence-corrected chi connectivity index (χ3v) is 10.3. The standard InChI is InChI=1S/C48H64O8/c1-30(19-15-21-32(3)23-25-39-35(6)44(52)38(28-47(39,9)10)43(37(8)50)46(54)55)17-13-14-18-31(2)20-16-22-33(4)24-26-40-36(7)45(53)41(29-48(40,11)12)56-42(51)27-34(5)49/h13-26,34,37-38,41,43,49-50H,27-29H2,1-12H3,(H,54,55)/b14-13+,19-15+,20-16+,25-23+,26-24+,30-17+,31-18+,32-21+,33-22+/t34-,37-,38+,41+,43?/m1/s1. The highest BCUT2D eigenvalue weighted by atomic mass is 16.5. The molecule has 0 amide bonds. The maximum absolute atomic E-state index is 13.2. The normalized spacial score (nSPS) is 23.4. The van der Waals surface area contributed by atoms with Crippen LogP contribution in [0.1, 0.15) is 102 Å². The summed E-state index contributed by atoms with van der Waals surface area (Å²) in [5.74, 6) is -4.04. The van der Waals surface area contributed by atoms with Crippen molar-refractivity contribution < 1.29 is 39.2 Å². The maximum Gasteiger partial charge on any atom is 0.309 e. The average molecular weight is 769 g/mol. The Hall–Kier alpha value is -4.66. The zero-order chi connectivity index (χ0) is 42.5. The zero-order valence-corrected chi connectivity index (χ0v) is 35.5. The van der Waals surface area contributed by atoms with E-state index in [2.05, 4.69) is 0 Å². The molecule has 2 rings (SSSR count). The topological polar surface area (TPSA) is 138 Å². The third kappa shape index (κ3) is 14.1. The van der Waals surface area contributed by atoms with Gasteiger partial charge in [0.25, 0.3) is 0 Å². The Bertz CT molecular complexity index is 1840. The summed E-state index contributed by atoms with van der Waals surface area (Å²) in [7, 11) is 0. The molecule has 0 aromatic heterocycles. The van der Waals surface area contributed by atoms with E-state index in [1.807, 2.05) is 140 Å². The molecule has 0 aliphatic heterocycles. The minimum absolute atomic E-state index is 0.142. The first-order valence-electron chi connectivity index (χ1n) is 19.4. The minimum Gasteiger partial charge on any atom is -0.481 e. The molecule has 3 N–H and O–H groups in total. The van der Waals surface area contributed by atoms with Crippen LogP contribution < -0.4 is 0 Å². The van der Waals surface area contributed by atoms with Gasteiger partial charge in [-0.2, -0.15) is 0 Å². The number of ether oxygens (including phenoxy) is 1. The lowest BCUT2D eigenvalue weighted by atomic mass is 9.64. The van der Waals surface area contributed by atoms with Gasteiger partial charge in [0.2, 0.25) is 0 Å². The van der Waals surface area contributed by atoms with Gasteiger partial charge in [-0.3, -0.25) is 19.2 Å². The van der Waals surface area contributed by atoms with Gasteiger partial charge in [0, 0.05) is 12.3 Å². The van der Waals surface area contributed by atoms with E-state index in [1.54, 1.807) is 13.8 Å². The van der Waals surface area contributed by atoms with E-state index in [0.717, 1.165) is 33.4 Å². The number of esters is 1. The number of hydrogen-bond acceptors (Lipinski definition) is 7. The molecule has 0 saturated carbocycles. The van der Waals surface area contributed by atoms with Crippen molar-refractivity contribution >= 4 is 23.5 Å². The highest BCUT2D eigenvalue weighted by Gasteiger charge is 2.45. The first-order valence-corrected chi connectivity index (χ1v) is 19.4. The molecule has 0 bridgehead atoms. The summed E-state index contributed by atoms with van der Waals surface area (Å²) in [6, 6.07) is 0. The maximum atomic E-state index is 13.2. The number of carboxylic acids is 1. The number of aliphatic hydroxyl groups is 2. The smallest absolute Gasteiger partial charge is 0.309 e. The van der Waals surface area contributed by atoms with Crippen LogP contribution in [-0.4, -0.2) is 57.1 Å². The van der Waals surface area contributed by atoms with E-state index in [1.165, 1.54) is 13.8 Å². The molecule has 2 aliphatic carbocycles. The molecule has 8 nitrogen and oxygen atoms in total. The molecule has 0 fully saturated rings.